The van der Waals surface area contributed by atoms with Gasteiger partial charge in [0.2, 0.25) is 0 Å². The molecule has 2 saturated carbocycles. The Balaban J connectivity index is 1.41. The zero-order valence-corrected chi connectivity index (χ0v) is 26.0. The summed E-state index contributed by atoms with van der Waals surface area (Å²) in [6.45, 7) is 9.17. The highest BCUT2D eigenvalue weighted by atomic mass is 16.6. The van der Waals surface area contributed by atoms with Crippen molar-refractivity contribution < 1.29 is 34.8 Å². The van der Waals surface area contributed by atoms with Gasteiger partial charge in [0.25, 0.3) is 0 Å². The predicted octanol–water partition coefficient (Wildman–Crippen LogP) is 5.33. The average molecular weight is 575 g/mol. The molecular weight excluding hydrogens is 520 g/mol. The van der Waals surface area contributed by atoms with E-state index >= 15 is 0 Å². The molecule has 0 bridgehead atoms. The van der Waals surface area contributed by atoms with E-state index in [1.807, 2.05) is 13.8 Å². The zero-order valence-electron chi connectivity index (χ0n) is 26.0. The number of hydrogen-bond donors (Lipinski definition) is 4. The van der Waals surface area contributed by atoms with Crippen molar-refractivity contribution in [1.82, 2.24) is 0 Å². The Morgan fingerprint density at radius 3 is 2.10 bits per heavy atom. The summed E-state index contributed by atoms with van der Waals surface area (Å²) >= 11 is 0. The highest BCUT2D eigenvalue weighted by Gasteiger charge is 2.85. The van der Waals surface area contributed by atoms with Gasteiger partial charge in [-0.05, 0) is 42.9 Å². The maximum Gasteiger partial charge on any atom is 0.306 e. The van der Waals surface area contributed by atoms with Gasteiger partial charge in [0.05, 0.1) is 6.61 Å². The number of rotatable bonds is 14. The van der Waals surface area contributed by atoms with Crippen LogP contribution in [0.2, 0.25) is 0 Å². The first-order valence-electron chi connectivity index (χ1n) is 16.2. The van der Waals surface area contributed by atoms with Crippen LogP contribution >= 0.6 is 0 Å². The van der Waals surface area contributed by atoms with Gasteiger partial charge in [-0.1, -0.05) is 98.0 Å². The molecule has 232 valence electrons. The van der Waals surface area contributed by atoms with E-state index in [9.17, 15) is 30.0 Å². The number of unbranched alkanes of at least 4 members (excludes halogenated alkanes) is 10. The maximum absolute atomic E-state index is 13.1. The van der Waals surface area contributed by atoms with Crippen molar-refractivity contribution in [3.63, 3.8) is 0 Å². The predicted molar refractivity (Wildman–Crippen MR) is 158 cm³/mol. The molecule has 0 radical (unpaired) electrons. The Kier molecular flexibility index (Phi) is 9.36. The van der Waals surface area contributed by atoms with Crippen molar-refractivity contribution in [3.05, 3.63) is 23.3 Å². The zero-order chi connectivity index (χ0) is 30.3. The standard InChI is InChI=1S/C34H54O7/c1-6-7-8-9-10-11-12-13-14-15-16-17-27(36)41-32-20-24(3)34(40)26(28(32)30(32,4)5)18-25(22-35)21-31(38)29(37)23(2)19-33(31,34)39/h18-19,24,26,28,35,38-40H,6-17,20-22H2,1-5H3/t24-,26+,28+,31+,32+,33-,34-/m1/s1. The van der Waals surface area contributed by atoms with Gasteiger partial charge < -0.3 is 25.2 Å². The molecule has 0 saturated heterocycles. The molecule has 0 aromatic heterocycles. The van der Waals surface area contributed by atoms with Crippen molar-refractivity contribution in [2.45, 2.75) is 147 Å². The minimum atomic E-state index is -2.27. The molecular formula is C34H54O7. The second kappa shape index (κ2) is 11.9. The van der Waals surface area contributed by atoms with E-state index in [4.69, 9.17) is 4.74 Å². The molecule has 0 spiro atoms. The summed E-state index contributed by atoms with van der Waals surface area (Å²) in [7, 11) is 0. The average Bonchev–Trinajstić information content (AvgIpc) is 3.34. The number of ether oxygens (including phenoxy) is 1. The quantitative estimate of drug-likeness (QED) is 0.126. The summed E-state index contributed by atoms with van der Waals surface area (Å²) < 4.78 is 6.28. The van der Waals surface area contributed by atoms with Crippen LogP contribution in [-0.2, 0) is 14.3 Å². The first-order valence-corrected chi connectivity index (χ1v) is 16.2. The van der Waals surface area contributed by atoms with E-state index in [0.717, 1.165) is 19.3 Å². The van der Waals surface area contributed by atoms with Crippen LogP contribution in [0.5, 0.6) is 0 Å². The Bertz CT molecular complexity index is 1060. The third kappa shape index (κ3) is 5.07. The number of aliphatic hydroxyl groups excluding tert-OH is 1. The van der Waals surface area contributed by atoms with Gasteiger partial charge in [0.15, 0.2) is 11.4 Å². The number of aliphatic hydroxyl groups is 4. The van der Waals surface area contributed by atoms with E-state index in [2.05, 4.69) is 6.92 Å². The fraction of sp³-hybridized carbons (Fsp3) is 0.824. The van der Waals surface area contributed by atoms with Gasteiger partial charge in [-0.2, -0.15) is 0 Å². The van der Waals surface area contributed by atoms with E-state index < -0.39 is 52.0 Å². The summed E-state index contributed by atoms with van der Waals surface area (Å²) in [5, 5.41) is 46.2. The lowest BCUT2D eigenvalue weighted by molar-refractivity contribution is -0.253. The molecule has 4 aliphatic rings. The Hall–Kier alpha value is -1.54. The molecule has 4 aliphatic carbocycles. The molecule has 2 fully saturated rings. The Morgan fingerprint density at radius 1 is 0.976 bits per heavy atom. The first-order chi connectivity index (χ1) is 19.3. The van der Waals surface area contributed by atoms with Crippen molar-refractivity contribution in [2.24, 2.45) is 23.2 Å². The summed E-state index contributed by atoms with van der Waals surface area (Å²) in [6, 6.07) is 0. The number of carbonyl (C=O) groups is 2. The lowest BCUT2D eigenvalue weighted by Gasteiger charge is -2.54. The van der Waals surface area contributed by atoms with Crippen molar-refractivity contribution in [1.29, 1.82) is 0 Å². The molecule has 4 N–H and O–H groups in total. The van der Waals surface area contributed by atoms with Gasteiger partial charge >= 0.3 is 5.97 Å². The van der Waals surface area contributed by atoms with Crippen LogP contribution < -0.4 is 0 Å². The maximum atomic E-state index is 13.1. The Morgan fingerprint density at radius 2 is 1.54 bits per heavy atom. The molecule has 0 aromatic carbocycles. The van der Waals surface area contributed by atoms with Crippen molar-refractivity contribution in [3.8, 4) is 0 Å². The number of esters is 1. The molecule has 7 nitrogen and oxygen atoms in total. The molecule has 0 unspecified atom stereocenters. The molecule has 4 rings (SSSR count). The van der Waals surface area contributed by atoms with Gasteiger partial charge in [0, 0.05) is 30.1 Å². The van der Waals surface area contributed by atoms with Crippen molar-refractivity contribution in [2.75, 3.05) is 6.61 Å². The molecule has 7 atom stereocenters. The highest BCUT2D eigenvalue weighted by Crippen LogP contribution is 2.77. The number of carbonyl (C=O) groups excluding carboxylic acids is 2. The van der Waals surface area contributed by atoms with Crippen LogP contribution in [0.3, 0.4) is 0 Å². The summed E-state index contributed by atoms with van der Waals surface area (Å²) in [5.74, 6) is -2.55. The summed E-state index contributed by atoms with van der Waals surface area (Å²) in [6.07, 6.45) is 16.7. The van der Waals surface area contributed by atoms with Crippen molar-refractivity contribution >= 4 is 11.8 Å². The van der Waals surface area contributed by atoms with Gasteiger partial charge in [-0.3, -0.25) is 9.59 Å². The third-order valence-electron chi connectivity index (χ3n) is 11.3. The van der Waals surface area contributed by atoms with Crippen LogP contribution in [0.15, 0.2) is 23.3 Å². The highest BCUT2D eigenvalue weighted by molar-refractivity contribution is 6.06. The summed E-state index contributed by atoms with van der Waals surface area (Å²) in [5.41, 5.74) is -7.14. The largest absolute Gasteiger partial charge is 0.458 e. The third-order valence-corrected chi connectivity index (χ3v) is 11.3. The number of hydrogen-bond acceptors (Lipinski definition) is 7. The molecule has 7 heteroatoms. The second-order valence-electron chi connectivity index (χ2n) is 14.2. The topological polar surface area (TPSA) is 124 Å². The minimum Gasteiger partial charge on any atom is -0.458 e. The van der Waals surface area contributed by atoms with E-state index in [1.165, 1.54) is 64.4 Å². The van der Waals surface area contributed by atoms with E-state index in [1.54, 1.807) is 13.0 Å². The fourth-order valence-electron chi connectivity index (χ4n) is 8.86. The van der Waals surface area contributed by atoms with E-state index in [0.29, 0.717) is 18.4 Å². The number of fused-ring (bicyclic) bond motifs is 5. The molecule has 41 heavy (non-hydrogen) atoms. The number of Topliss-reactive ketones (excluding diaryl/α,β-unsaturated/α-hetero) is 1. The molecule has 0 amide bonds. The fourth-order valence-corrected chi connectivity index (χ4v) is 8.86. The monoisotopic (exact) mass is 574 g/mol. The second-order valence-corrected chi connectivity index (χ2v) is 14.2. The van der Waals surface area contributed by atoms with Crippen LogP contribution in [0.1, 0.15) is 125 Å². The smallest absolute Gasteiger partial charge is 0.306 e. The lowest BCUT2D eigenvalue weighted by atomic mass is 9.57. The van der Waals surface area contributed by atoms with Gasteiger partial charge in [-0.15, -0.1) is 0 Å². The van der Waals surface area contributed by atoms with Crippen LogP contribution in [0, 0.1) is 23.2 Å². The van der Waals surface area contributed by atoms with E-state index in [-0.39, 0.29) is 23.9 Å². The molecule has 0 heterocycles. The van der Waals surface area contributed by atoms with Gasteiger partial charge in [-0.25, -0.2) is 0 Å². The minimum absolute atomic E-state index is 0.193. The molecule has 0 aliphatic heterocycles. The summed E-state index contributed by atoms with van der Waals surface area (Å²) in [4.78, 5) is 26.2. The first kappa shape index (κ1) is 32.4. The SMILES string of the molecule is CCCCCCCCCCCCCC(=O)O[C@@]12C[C@@H](C)[C@@]3(O)[C@@H](C=C(CO)C[C@]4(O)C(=O)C(C)=C[C@]34O)[C@H]1C2(C)C. The van der Waals surface area contributed by atoms with Crippen LogP contribution in [-0.4, -0.2) is 61.2 Å². The normalized spacial score (nSPS) is 38.8. The van der Waals surface area contributed by atoms with Crippen LogP contribution in [0.25, 0.3) is 0 Å². The van der Waals surface area contributed by atoms with Crippen LogP contribution in [0.4, 0.5) is 0 Å². The lowest BCUT2D eigenvalue weighted by Crippen LogP contribution is -2.72. The number of ketones is 1. The Labute approximate surface area is 246 Å². The molecule has 0 aromatic rings. The van der Waals surface area contributed by atoms with Gasteiger partial charge in [0.1, 0.15) is 16.8 Å².